The van der Waals surface area contributed by atoms with E-state index in [4.69, 9.17) is 15.2 Å². The highest BCUT2D eigenvalue weighted by Gasteiger charge is 2.50. The van der Waals surface area contributed by atoms with E-state index < -0.39 is 5.54 Å². The van der Waals surface area contributed by atoms with Crippen LogP contribution < -0.4 is 5.73 Å². The monoisotopic (exact) mass is 270 g/mol. The van der Waals surface area contributed by atoms with Crippen molar-refractivity contribution in [3.8, 4) is 0 Å². The molecular formula is C14H26N2O3. The molecule has 2 N–H and O–H groups in total. The molecule has 1 heterocycles. The van der Waals surface area contributed by atoms with Crippen molar-refractivity contribution in [1.82, 2.24) is 4.90 Å². The topological polar surface area (TPSA) is 64.8 Å². The van der Waals surface area contributed by atoms with Crippen molar-refractivity contribution >= 4 is 5.97 Å². The number of carbonyl (C=O) groups excluding carboxylic acids is 1. The molecule has 0 spiro atoms. The van der Waals surface area contributed by atoms with E-state index in [0.717, 1.165) is 38.9 Å². The van der Waals surface area contributed by atoms with Crippen molar-refractivity contribution in [2.75, 3.05) is 33.4 Å². The van der Waals surface area contributed by atoms with Gasteiger partial charge in [-0.25, -0.2) is 4.79 Å². The summed E-state index contributed by atoms with van der Waals surface area (Å²) in [6, 6.07) is 0.463. The number of esters is 1. The lowest BCUT2D eigenvalue weighted by Crippen LogP contribution is -2.59. The molecule has 1 unspecified atom stereocenters. The van der Waals surface area contributed by atoms with Gasteiger partial charge < -0.3 is 20.1 Å². The van der Waals surface area contributed by atoms with Crippen LogP contribution in [0.5, 0.6) is 0 Å². The molecule has 0 radical (unpaired) electrons. The summed E-state index contributed by atoms with van der Waals surface area (Å²) in [5.41, 5.74) is 5.56. The smallest absolute Gasteiger partial charge is 0.327 e. The van der Waals surface area contributed by atoms with E-state index in [1.54, 1.807) is 0 Å². The zero-order chi connectivity index (χ0) is 13.9. The van der Waals surface area contributed by atoms with Gasteiger partial charge in [0.05, 0.1) is 6.61 Å². The molecule has 5 nitrogen and oxygen atoms in total. The first-order valence-electron chi connectivity index (χ1n) is 7.32. The Kier molecular flexibility index (Phi) is 4.81. The fourth-order valence-corrected chi connectivity index (χ4v) is 2.89. The van der Waals surface area contributed by atoms with Crippen LogP contribution in [0.4, 0.5) is 0 Å². The first-order valence-corrected chi connectivity index (χ1v) is 7.32. The van der Waals surface area contributed by atoms with E-state index in [1.807, 2.05) is 6.92 Å². The van der Waals surface area contributed by atoms with Crippen LogP contribution in [0.1, 0.15) is 32.6 Å². The third-order valence-electron chi connectivity index (χ3n) is 4.29. The number of hydrogen-bond acceptors (Lipinski definition) is 5. The van der Waals surface area contributed by atoms with Gasteiger partial charge >= 0.3 is 5.97 Å². The second-order valence-electron chi connectivity index (χ2n) is 5.79. The largest absolute Gasteiger partial charge is 0.465 e. The Hall–Kier alpha value is -0.650. The van der Waals surface area contributed by atoms with E-state index in [-0.39, 0.29) is 11.9 Å². The molecule has 19 heavy (non-hydrogen) atoms. The fourth-order valence-electron chi connectivity index (χ4n) is 2.89. The molecule has 2 aliphatic rings. The van der Waals surface area contributed by atoms with E-state index >= 15 is 0 Å². The average Bonchev–Trinajstić information content (AvgIpc) is 3.24. The minimum atomic E-state index is -0.830. The predicted molar refractivity (Wildman–Crippen MR) is 72.7 cm³/mol. The molecule has 1 aliphatic carbocycles. The molecule has 0 amide bonds. The van der Waals surface area contributed by atoms with Gasteiger partial charge in [-0.2, -0.15) is 0 Å². The highest BCUT2D eigenvalue weighted by molar-refractivity contribution is 5.82. The molecule has 1 aliphatic heterocycles. The third-order valence-corrected chi connectivity index (χ3v) is 4.29. The third kappa shape index (κ3) is 3.46. The van der Waals surface area contributed by atoms with E-state index in [9.17, 15) is 4.79 Å². The lowest BCUT2D eigenvalue weighted by molar-refractivity contribution is -0.151. The normalized spacial score (nSPS) is 24.2. The van der Waals surface area contributed by atoms with Crippen LogP contribution in [-0.2, 0) is 14.3 Å². The molecule has 0 aromatic heterocycles. The van der Waals surface area contributed by atoms with Gasteiger partial charge in [0.15, 0.2) is 0 Å². The van der Waals surface area contributed by atoms with Crippen LogP contribution in [0.15, 0.2) is 0 Å². The van der Waals surface area contributed by atoms with Gasteiger partial charge in [-0.05, 0) is 45.6 Å². The number of ether oxygens (including phenoxy) is 2. The Morgan fingerprint density at radius 3 is 2.53 bits per heavy atom. The van der Waals surface area contributed by atoms with Gasteiger partial charge in [0.1, 0.15) is 5.54 Å². The molecule has 2 rings (SSSR count). The van der Waals surface area contributed by atoms with E-state index in [1.165, 1.54) is 0 Å². The van der Waals surface area contributed by atoms with Gasteiger partial charge in [0.2, 0.25) is 0 Å². The summed E-state index contributed by atoms with van der Waals surface area (Å²) in [7, 11) is 2.05. The zero-order valence-electron chi connectivity index (χ0n) is 12.1. The van der Waals surface area contributed by atoms with Gasteiger partial charge in [-0.3, -0.25) is 0 Å². The van der Waals surface area contributed by atoms with Gasteiger partial charge in [0.25, 0.3) is 0 Å². The molecule has 110 valence electrons. The summed E-state index contributed by atoms with van der Waals surface area (Å²) in [5.74, 6) is 0.0465. The predicted octanol–water partition coefficient (Wildman–Crippen LogP) is 0.768. The summed E-state index contributed by atoms with van der Waals surface area (Å²) in [5, 5.41) is 0. The molecule has 0 aromatic rings. The molecule has 0 aromatic carbocycles. The van der Waals surface area contributed by atoms with Gasteiger partial charge in [-0.1, -0.05) is 0 Å². The molecule has 5 heteroatoms. The molecule has 1 atom stereocenters. The Morgan fingerprint density at radius 1 is 1.37 bits per heavy atom. The van der Waals surface area contributed by atoms with Crippen molar-refractivity contribution < 1.29 is 14.3 Å². The second kappa shape index (κ2) is 6.20. The summed E-state index contributed by atoms with van der Waals surface area (Å²) in [6.07, 6.45) is 4.11. The molecule has 0 bridgehead atoms. The summed E-state index contributed by atoms with van der Waals surface area (Å²) >= 11 is 0. The number of rotatable bonds is 6. The average molecular weight is 270 g/mol. The van der Waals surface area contributed by atoms with Crippen LogP contribution in [0.3, 0.4) is 0 Å². The lowest BCUT2D eigenvalue weighted by Gasteiger charge is -2.37. The zero-order valence-corrected chi connectivity index (χ0v) is 12.1. The SMILES string of the molecule is CCOC(=O)C(N)(CN(C)C1CCOCC1)C1CC1. The van der Waals surface area contributed by atoms with Crippen LogP contribution >= 0.6 is 0 Å². The fraction of sp³-hybridized carbons (Fsp3) is 0.929. The number of hydrogen-bond donors (Lipinski definition) is 1. The Bertz CT molecular complexity index is 314. The van der Waals surface area contributed by atoms with E-state index in [0.29, 0.717) is 19.2 Å². The summed E-state index contributed by atoms with van der Waals surface area (Å²) in [4.78, 5) is 14.4. The molecule has 1 saturated heterocycles. The maximum Gasteiger partial charge on any atom is 0.327 e. The van der Waals surface area contributed by atoms with Crippen molar-refractivity contribution in [3.63, 3.8) is 0 Å². The van der Waals surface area contributed by atoms with Crippen LogP contribution in [0.2, 0.25) is 0 Å². The molecule has 2 fully saturated rings. The standard InChI is InChI=1S/C14H26N2O3/c1-3-19-13(17)14(15,11-4-5-11)10-16(2)12-6-8-18-9-7-12/h11-12H,3-10,15H2,1-2H3. The number of carbonyl (C=O) groups is 1. The minimum Gasteiger partial charge on any atom is -0.465 e. The first-order chi connectivity index (χ1) is 9.08. The quantitative estimate of drug-likeness (QED) is 0.722. The summed E-state index contributed by atoms with van der Waals surface area (Å²) < 4.78 is 10.6. The van der Waals surface area contributed by atoms with E-state index in [2.05, 4.69) is 11.9 Å². The first kappa shape index (κ1) is 14.8. The Balaban J connectivity index is 1.97. The highest BCUT2D eigenvalue weighted by Crippen LogP contribution is 2.39. The highest BCUT2D eigenvalue weighted by atomic mass is 16.5. The Labute approximate surface area is 115 Å². The molecular weight excluding hydrogens is 244 g/mol. The van der Waals surface area contributed by atoms with Crippen molar-refractivity contribution in [2.24, 2.45) is 11.7 Å². The van der Waals surface area contributed by atoms with Crippen molar-refractivity contribution in [3.05, 3.63) is 0 Å². The van der Waals surface area contributed by atoms with Crippen molar-refractivity contribution in [1.29, 1.82) is 0 Å². The van der Waals surface area contributed by atoms with Crippen LogP contribution in [-0.4, -0.2) is 55.9 Å². The maximum atomic E-state index is 12.2. The van der Waals surface area contributed by atoms with Crippen molar-refractivity contribution in [2.45, 2.75) is 44.2 Å². The van der Waals surface area contributed by atoms with Crippen LogP contribution in [0.25, 0.3) is 0 Å². The van der Waals surface area contributed by atoms with Gasteiger partial charge in [-0.15, -0.1) is 0 Å². The minimum absolute atomic E-state index is 0.239. The number of nitrogens with two attached hydrogens (primary N) is 1. The Morgan fingerprint density at radius 2 is 2.00 bits per heavy atom. The van der Waals surface area contributed by atoms with Gasteiger partial charge in [0, 0.05) is 25.8 Å². The number of nitrogens with zero attached hydrogens (tertiary/aromatic N) is 1. The van der Waals surface area contributed by atoms with Crippen LogP contribution in [0, 0.1) is 5.92 Å². The summed E-state index contributed by atoms with van der Waals surface area (Å²) in [6.45, 7) is 4.41. The maximum absolute atomic E-state index is 12.2. The molecule has 1 saturated carbocycles. The second-order valence-corrected chi connectivity index (χ2v) is 5.79. The number of likely N-dealkylation sites (N-methyl/N-ethyl adjacent to an activating group) is 1. The lowest BCUT2D eigenvalue weighted by atomic mass is 9.92.